The predicted octanol–water partition coefficient (Wildman–Crippen LogP) is 4.03. The number of ether oxygens (including phenoxy) is 2. The Morgan fingerprint density at radius 1 is 0.973 bits per heavy atom. The molecule has 5 aromatic rings. The number of aromatic hydroxyl groups is 1. The zero-order chi connectivity index (χ0) is 26.0. The van der Waals surface area contributed by atoms with E-state index in [0.29, 0.717) is 50.6 Å². The van der Waals surface area contributed by atoms with Crippen LogP contribution < -0.4 is 20.7 Å². The van der Waals surface area contributed by atoms with E-state index in [9.17, 15) is 19.1 Å². The number of rotatable bonds is 3. The van der Waals surface area contributed by atoms with E-state index < -0.39 is 23.2 Å². The molecule has 3 heterocycles. The normalized spacial score (nSPS) is 14.2. The standard InChI is InChI=1S/C28H22FN3O5/c1-30-24-22(27(34)31(2)28(30)35)23(15-8-11-17(29)12-9-15)32-18-6-4-5-7-20(18)37-26(25(24)32)16-10-13-21(36-3)19(33)14-16/h4-14,26,33H,1-3H3/t26-/m0/s1. The number of aryl methyl sites for hydroxylation is 1. The average molecular weight is 499 g/mol. The van der Waals surface area contributed by atoms with Crippen LogP contribution in [0, 0.1) is 5.82 Å². The van der Waals surface area contributed by atoms with Crippen LogP contribution in [0.1, 0.15) is 17.4 Å². The number of hydrogen-bond acceptors (Lipinski definition) is 5. The fraction of sp³-hybridized carbons (Fsp3) is 0.143. The van der Waals surface area contributed by atoms with Gasteiger partial charge in [-0.15, -0.1) is 0 Å². The van der Waals surface area contributed by atoms with Crippen LogP contribution in [0.4, 0.5) is 4.39 Å². The van der Waals surface area contributed by atoms with Gasteiger partial charge >= 0.3 is 5.69 Å². The van der Waals surface area contributed by atoms with Crippen molar-refractivity contribution in [3.63, 3.8) is 0 Å². The fourth-order valence-corrected chi connectivity index (χ4v) is 5.09. The minimum Gasteiger partial charge on any atom is -0.504 e. The third-order valence-corrected chi connectivity index (χ3v) is 6.83. The molecule has 186 valence electrons. The first-order chi connectivity index (χ1) is 17.8. The number of halogens is 1. The SMILES string of the molecule is COc1ccc([C@@H]2Oc3ccccc3-n3c(-c4ccc(F)cc4)c4c(=O)n(C)c(=O)n(C)c4c32)cc1O. The Balaban J connectivity index is 1.82. The van der Waals surface area contributed by atoms with Gasteiger partial charge < -0.3 is 19.1 Å². The zero-order valence-corrected chi connectivity index (χ0v) is 20.2. The Hall–Kier alpha value is -4.79. The van der Waals surface area contributed by atoms with Crippen LogP contribution in [0.3, 0.4) is 0 Å². The molecule has 0 amide bonds. The van der Waals surface area contributed by atoms with Gasteiger partial charge in [0.1, 0.15) is 11.6 Å². The lowest BCUT2D eigenvalue weighted by Crippen LogP contribution is -2.37. The van der Waals surface area contributed by atoms with Gasteiger partial charge in [0, 0.05) is 19.7 Å². The van der Waals surface area contributed by atoms with Gasteiger partial charge in [0.25, 0.3) is 5.56 Å². The van der Waals surface area contributed by atoms with Crippen molar-refractivity contribution in [3.05, 3.63) is 105 Å². The van der Waals surface area contributed by atoms with Gasteiger partial charge in [-0.25, -0.2) is 9.18 Å². The molecule has 0 saturated heterocycles. The van der Waals surface area contributed by atoms with E-state index in [1.807, 2.05) is 28.8 Å². The number of phenolic OH excluding ortho intramolecular Hbond substituents is 1. The molecule has 0 bridgehead atoms. The molecule has 9 heteroatoms. The predicted molar refractivity (Wildman–Crippen MR) is 136 cm³/mol. The van der Waals surface area contributed by atoms with Gasteiger partial charge in [0.15, 0.2) is 17.6 Å². The van der Waals surface area contributed by atoms with Crippen molar-refractivity contribution in [1.29, 1.82) is 0 Å². The molecule has 1 N–H and O–H groups in total. The lowest BCUT2D eigenvalue weighted by molar-refractivity contribution is 0.228. The highest BCUT2D eigenvalue weighted by atomic mass is 19.1. The number of benzene rings is 3. The van der Waals surface area contributed by atoms with Crippen LogP contribution in [-0.4, -0.2) is 25.9 Å². The molecular formula is C28H22FN3O5. The molecule has 8 nitrogen and oxygen atoms in total. The largest absolute Gasteiger partial charge is 0.504 e. The summed E-state index contributed by atoms with van der Waals surface area (Å²) in [6, 6.07) is 18.2. The number of phenols is 1. The van der Waals surface area contributed by atoms with E-state index in [1.54, 1.807) is 31.3 Å². The summed E-state index contributed by atoms with van der Waals surface area (Å²) in [5.74, 6) is 0.358. The number of fused-ring (bicyclic) bond motifs is 5. The first-order valence-corrected chi connectivity index (χ1v) is 11.5. The summed E-state index contributed by atoms with van der Waals surface area (Å²) >= 11 is 0. The molecule has 0 aliphatic carbocycles. The van der Waals surface area contributed by atoms with Crippen LogP contribution in [0.25, 0.3) is 27.8 Å². The van der Waals surface area contributed by atoms with Crippen LogP contribution in [0.15, 0.2) is 76.3 Å². The van der Waals surface area contributed by atoms with Crippen molar-refractivity contribution in [3.8, 4) is 34.2 Å². The third kappa shape index (κ3) is 3.20. The van der Waals surface area contributed by atoms with E-state index in [0.717, 1.165) is 4.57 Å². The van der Waals surface area contributed by atoms with Crippen LogP contribution >= 0.6 is 0 Å². The Morgan fingerprint density at radius 2 is 1.70 bits per heavy atom. The molecule has 3 aromatic carbocycles. The van der Waals surface area contributed by atoms with Crippen molar-refractivity contribution < 1.29 is 19.0 Å². The molecule has 37 heavy (non-hydrogen) atoms. The van der Waals surface area contributed by atoms with E-state index in [1.165, 1.54) is 36.9 Å². The lowest BCUT2D eigenvalue weighted by Gasteiger charge is -2.30. The summed E-state index contributed by atoms with van der Waals surface area (Å²) in [6.45, 7) is 0. The van der Waals surface area contributed by atoms with Gasteiger partial charge in [0.05, 0.1) is 35.1 Å². The summed E-state index contributed by atoms with van der Waals surface area (Å²) in [7, 11) is 4.49. The number of para-hydroxylation sites is 2. The van der Waals surface area contributed by atoms with E-state index in [2.05, 4.69) is 0 Å². The highest BCUT2D eigenvalue weighted by molar-refractivity contribution is 5.98. The van der Waals surface area contributed by atoms with Gasteiger partial charge in [-0.1, -0.05) is 18.2 Å². The number of aromatic nitrogens is 3. The molecular weight excluding hydrogens is 477 g/mol. The minimum absolute atomic E-state index is 0.0755. The van der Waals surface area contributed by atoms with Gasteiger partial charge in [0.2, 0.25) is 0 Å². The van der Waals surface area contributed by atoms with E-state index in [-0.39, 0.29) is 5.75 Å². The lowest BCUT2D eigenvalue weighted by atomic mass is 10.0. The Labute approximate surface area is 210 Å². The van der Waals surface area contributed by atoms with Crippen molar-refractivity contribution in [1.82, 2.24) is 13.7 Å². The molecule has 1 aliphatic rings. The number of methoxy groups -OCH3 is 1. The molecule has 1 atom stereocenters. The Bertz CT molecular complexity index is 1830. The van der Waals surface area contributed by atoms with Crippen LogP contribution in [-0.2, 0) is 14.1 Å². The van der Waals surface area contributed by atoms with Gasteiger partial charge in [-0.2, -0.15) is 0 Å². The summed E-state index contributed by atoms with van der Waals surface area (Å²) < 4.78 is 29.9. The minimum atomic E-state index is -0.791. The average Bonchev–Trinajstić information content (AvgIpc) is 3.27. The number of nitrogens with zero attached hydrogens (tertiary/aromatic N) is 3. The van der Waals surface area contributed by atoms with Crippen LogP contribution in [0.5, 0.6) is 17.2 Å². The van der Waals surface area contributed by atoms with Crippen molar-refractivity contribution in [2.24, 2.45) is 14.1 Å². The quantitative estimate of drug-likeness (QED) is 0.405. The summed E-state index contributed by atoms with van der Waals surface area (Å²) in [5, 5.41) is 10.8. The first kappa shape index (κ1) is 22.7. The highest BCUT2D eigenvalue weighted by Gasteiger charge is 2.36. The molecule has 2 aromatic heterocycles. The number of hydrogen-bond donors (Lipinski definition) is 1. The summed E-state index contributed by atoms with van der Waals surface area (Å²) in [6.07, 6.45) is -0.791. The second-order valence-corrected chi connectivity index (χ2v) is 8.90. The van der Waals surface area contributed by atoms with Gasteiger partial charge in [-0.3, -0.25) is 13.9 Å². The Morgan fingerprint density at radius 3 is 2.41 bits per heavy atom. The maximum absolute atomic E-state index is 13.9. The van der Waals surface area contributed by atoms with Crippen molar-refractivity contribution in [2.45, 2.75) is 6.10 Å². The fourth-order valence-electron chi connectivity index (χ4n) is 5.09. The first-order valence-electron chi connectivity index (χ1n) is 11.5. The van der Waals surface area contributed by atoms with Crippen LogP contribution in [0.2, 0.25) is 0 Å². The molecule has 0 radical (unpaired) electrons. The van der Waals surface area contributed by atoms with Crippen molar-refractivity contribution >= 4 is 10.9 Å². The highest BCUT2D eigenvalue weighted by Crippen LogP contribution is 2.47. The molecule has 0 spiro atoms. The van der Waals surface area contributed by atoms with Gasteiger partial charge in [-0.05, 0) is 54.1 Å². The second kappa shape index (κ2) is 8.12. The topological polar surface area (TPSA) is 87.6 Å². The second-order valence-electron chi connectivity index (χ2n) is 8.90. The van der Waals surface area contributed by atoms with Crippen molar-refractivity contribution in [2.75, 3.05) is 7.11 Å². The summed E-state index contributed by atoms with van der Waals surface area (Å²) in [5.41, 5.74) is 2.32. The summed E-state index contributed by atoms with van der Waals surface area (Å²) in [4.78, 5) is 26.7. The molecule has 0 fully saturated rings. The smallest absolute Gasteiger partial charge is 0.331 e. The maximum atomic E-state index is 13.9. The van der Waals surface area contributed by atoms with E-state index >= 15 is 0 Å². The molecule has 0 unspecified atom stereocenters. The third-order valence-electron chi connectivity index (χ3n) is 6.83. The van der Waals surface area contributed by atoms with E-state index in [4.69, 9.17) is 9.47 Å². The molecule has 1 aliphatic heterocycles. The zero-order valence-electron chi connectivity index (χ0n) is 20.2. The maximum Gasteiger partial charge on any atom is 0.331 e. The molecule has 6 rings (SSSR count). The Kier molecular flexibility index (Phi) is 4.98. The molecule has 0 saturated carbocycles. The monoisotopic (exact) mass is 499 g/mol.